The Bertz CT molecular complexity index is 2670. The van der Waals surface area contributed by atoms with Gasteiger partial charge in [-0.05, 0) is 98.8 Å². The van der Waals surface area contributed by atoms with Crippen LogP contribution < -0.4 is 31.1 Å². The van der Waals surface area contributed by atoms with Gasteiger partial charge in [-0.3, -0.25) is 9.13 Å². The molecule has 0 unspecified atom stereocenters. The molecule has 360 valence electrons. The number of carbonyl (C=O) groups excluding carboxylic acids is 4. The van der Waals surface area contributed by atoms with Crippen LogP contribution >= 0.6 is 23.2 Å². The van der Waals surface area contributed by atoms with Gasteiger partial charge >= 0.3 is 0 Å². The first kappa shape index (κ1) is 46.3. The van der Waals surface area contributed by atoms with Gasteiger partial charge in [-0.25, -0.2) is 9.97 Å². The standard InChI is InChI=1S/C38H44Cl2N18O10/c1-3-57-51-31(49-53-57)27-17(9-21(59)60)19(11-23(63)64)35(67-27)55-13-41-25-29(45-37(39)47-33(25)55)43-15-5-7-16(8-6-15)44-30-26-34(48-38(40)46-30)56(14-42-26)36-20(12-24(65)66)18(10-22(61)62)28(68-36)32-50-54-58(4-2)52-32/h13-20,27-28,35-36H,3-12H2,1-2H3,(H,59,60)(H,61,62)(H,63,64)(H,65,66)(H,43,45,47)(H,44,46,48)/p-4/t15?,16?,17-,18-,19-,20-,27-,28-,35-,36-/m1/s1. The van der Waals surface area contributed by atoms with Gasteiger partial charge in [0.25, 0.3) is 0 Å². The Kier molecular flexibility index (Phi) is 13.0. The van der Waals surface area contributed by atoms with Crippen molar-refractivity contribution in [3.05, 3.63) is 34.9 Å². The number of tetrazole rings is 2. The van der Waals surface area contributed by atoms with E-state index in [0.717, 1.165) is 0 Å². The lowest BCUT2D eigenvalue weighted by atomic mass is 9.84. The van der Waals surface area contributed by atoms with Gasteiger partial charge in [0, 0.05) is 59.6 Å². The number of hydrogen-bond acceptors (Lipinski definition) is 24. The smallest absolute Gasteiger partial charge is 0.226 e. The van der Waals surface area contributed by atoms with Gasteiger partial charge in [-0.2, -0.15) is 29.5 Å². The molecule has 1 aliphatic carbocycles. The maximum atomic E-state index is 12.0. The fraction of sp³-hybridized carbons (Fsp3) is 0.579. The number of anilines is 2. The number of carboxylic acids is 4. The average Bonchev–Trinajstić information content (AvgIpc) is 4.15. The van der Waals surface area contributed by atoms with Gasteiger partial charge in [0.05, 0.1) is 25.7 Å². The van der Waals surface area contributed by atoms with Crippen LogP contribution in [0.25, 0.3) is 22.3 Å². The van der Waals surface area contributed by atoms with Crippen molar-refractivity contribution < 1.29 is 49.1 Å². The molecule has 28 nitrogen and oxygen atoms in total. The SMILES string of the molecule is CCn1nnc([C@@H]2O[C@@H](n3cnc4c(NC5CCC(Nc6nc(Cl)nc7c6ncn7[C@@H]6O[C@@H](c7nnn(CC)n7)[C@H](CC(=O)[O-])[C@H]6CC(=O)[O-])CC5)nc(Cl)nc43)[C@H](CC(=O)[O-])[C@H]2CC(=O)[O-])n1. The van der Waals surface area contributed by atoms with E-state index in [-0.39, 0.29) is 45.6 Å². The molecule has 6 aromatic heterocycles. The Labute approximate surface area is 392 Å². The minimum Gasteiger partial charge on any atom is -0.550 e. The van der Waals surface area contributed by atoms with Crippen molar-refractivity contribution in [1.82, 2.24) is 79.5 Å². The quantitative estimate of drug-likeness (QED) is 0.0854. The third kappa shape index (κ3) is 9.26. The fourth-order valence-corrected chi connectivity index (χ4v) is 9.87. The van der Waals surface area contributed by atoms with Gasteiger partial charge in [0.1, 0.15) is 24.7 Å². The van der Waals surface area contributed by atoms with Crippen molar-refractivity contribution >= 4 is 81.0 Å². The molecule has 9 rings (SSSR count). The zero-order valence-electron chi connectivity index (χ0n) is 36.0. The lowest BCUT2D eigenvalue weighted by molar-refractivity contribution is -0.311. The number of halogens is 2. The number of ether oxygens (including phenoxy) is 2. The zero-order valence-corrected chi connectivity index (χ0v) is 37.5. The molecule has 0 radical (unpaired) electrons. The fourth-order valence-electron chi connectivity index (χ4n) is 9.54. The third-order valence-electron chi connectivity index (χ3n) is 12.5. The molecule has 3 fully saturated rings. The minimum absolute atomic E-state index is 0.0745. The average molecular weight is 980 g/mol. The number of aryl methyl sites for hydroxylation is 2. The van der Waals surface area contributed by atoms with Crippen molar-refractivity contribution in [1.29, 1.82) is 0 Å². The van der Waals surface area contributed by atoms with Crippen molar-refractivity contribution in [3.63, 3.8) is 0 Å². The molecule has 2 saturated heterocycles. The van der Waals surface area contributed by atoms with Crippen LogP contribution in [0.5, 0.6) is 0 Å². The van der Waals surface area contributed by atoms with E-state index in [9.17, 15) is 39.6 Å². The summed E-state index contributed by atoms with van der Waals surface area (Å²) in [4.78, 5) is 77.3. The molecule has 6 aromatic rings. The summed E-state index contributed by atoms with van der Waals surface area (Å²) in [7, 11) is 0. The van der Waals surface area contributed by atoms with Gasteiger partial charge in [0.15, 0.2) is 34.0 Å². The number of aromatic nitrogens is 16. The highest BCUT2D eigenvalue weighted by molar-refractivity contribution is 6.29. The Morgan fingerprint density at radius 3 is 1.31 bits per heavy atom. The molecule has 8 heterocycles. The summed E-state index contributed by atoms with van der Waals surface area (Å²) >= 11 is 13.0. The van der Waals surface area contributed by atoms with Gasteiger partial charge in [-0.1, -0.05) is 0 Å². The predicted molar refractivity (Wildman–Crippen MR) is 219 cm³/mol. The molecule has 1 saturated carbocycles. The van der Waals surface area contributed by atoms with E-state index in [2.05, 4.69) is 71.4 Å². The van der Waals surface area contributed by atoms with Crippen LogP contribution in [-0.4, -0.2) is 115 Å². The van der Waals surface area contributed by atoms with Crippen LogP contribution in [0.2, 0.25) is 10.6 Å². The molecule has 30 heteroatoms. The number of aliphatic carboxylic acids is 4. The Morgan fingerprint density at radius 2 is 0.971 bits per heavy atom. The van der Waals surface area contributed by atoms with Crippen molar-refractivity contribution in [2.75, 3.05) is 10.6 Å². The molecule has 0 spiro atoms. The molecule has 8 atom stereocenters. The number of fused-ring (bicyclic) bond motifs is 2. The number of imidazole rings is 2. The number of rotatable bonds is 18. The second kappa shape index (κ2) is 19.1. The molecule has 2 N–H and O–H groups in total. The number of nitrogens with zero attached hydrogens (tertiary/aromatic N) is 16. The summed E-state index contributed by atoms with van der Waals surface area (Å²) in [6, 6.07) is -0.262. The zero-order chi connectivity index (χ0) is 48.0. The first-order valence-corrected chi connectivity index (χ1v) is 22.4. The van der Waals surface area contributed by atoms with Crippen LogP contribution in [0, 0.1) is 23.7 Å². The number of carboxylic acid groups (broad SMARTS) is 4. The van der Waals surface area contributed by atoms with Crippen LogP contribution in [0.1, 0.15) is 102 Å². The van der Waals surface area contributed by atoms with Crippen molar-refractivity contribution in [3.8, 4) is 0 Å². The van der Waals surface area contributed by atoms with E-state index in [0.29, 0.717) is 61.4 Å². The van der Waals surface area contributed by atoms with E-state index in [1.54, 1.807) is 13.8 Å². The summed E-state index contributed by atoms with van der Waals surface area (Å²) < 4.78 is 15.7. The second-order valence-electron chi connectivity index (χ2n) is 16.7. The molecular formula is C38H40Cl2N18O10-4. The molecule has 0 aromatic carbocycles. The van der Waals surface area contributed by atoms with Gasteiger partial charge in [0.2, 0.25) is 22.2 Å². The molecule has 68 heavy (non-hydrogen) atoms. The molecule has 3 aliphatic rings. The molecular weight excluding hydrogens is 939 g/mol. The van der Waals surface area contributed by atoms with Crippen molar-refractivity contribution in [2.24, 2.45) is 23.7 Å². The summed E-state index contributed by atoms with van der Waals surface area (Å²) in [5.74, 6) is -8.79. The minimum atomic E-state index is -1.43. The van der Waals surface area contributed by atoms with Crippen molar-refractivity contribution in [2.45, 2.75) is 115 Å². The second-order valence-corrected chi connectivity index (χ2v) is 17.4. The largest absolute Gasteiger partial charge is 0.550 e. The maximum absolute atomic E-state index is 12.0. The molecule has 2 aliphatic heterocycles. The summed E-state index contributed by atoms with van der Waals surface area (Å²) in [5, 5.41) is 79.1. The van der Waals surface area contributed by atoms with E-state index >= 15 is 0 Å². The monoisotopic (exact) mass is 978 g/mol. The highest BCUT2D eigenvalue weighted by Crippen LogP contribution is 2.51. The van der Waals surface area contributed by atoms with Crippen LogP contribution in [0.15, 0.2) is 12.7 Å². The summed E-state index contributed by atoms with van der Waals surface area (Å²) in [5.41, 5.74) is 0.974. The highest BCUT2D eigenvalue weighted by Gasteiger charge is 2.50. The topological polar surface area (TPSA) is 377 Å². The normalized spacial score (nSPS) is 26.1. The maximum Gasteiger partial charge on any atom is 0.226 e. The summed E-state index contributed by atoms with van der Waals surface area (Å²) in [6.45, 7) is 4.32. The number of carbonyl (C=O) groups is 4. The van der Waals surface area contributed by atoms with E-state index < -0.39 is 97.9 Å². The van der Waals surface area contributed by atoms with E-state index in [4.69, 9.17) is 32.7 Å². The lowest BCUT2D eigenvalue weighted by Crippen LogP contribution is -2.34. The lowest BCUT2D eigenvalue weighted by Gasteiger charge is -2.30. The Morgan fingerprint density at radius 1 is 0.603 bits per heavy atom. The number of hydrogen-bond donors (Lipinski definition) is 2. The highest BCUT2D eigenvalue weighted by atomic mass is 35.5. The molecule has 0 bridgehead atoms. The van der Waals surface area contributed by atoms with Crippen LogP contribution in [0.3, 0.4) is 0 Å². The van der Waals surface area contributed by atoms with Crippen LogP contribution in [-0.2, 0) is 41.7 Å². The van der Waals surface area contributed by atoms with E-state index in [1.807, 2.05) is 0 Å². The predicted octanol–water partition coefficient (Wildman–Crippen LogP) is -2.31. The molecule has 0 amide bonds. The number of nitrogens with one attached hydrogen (secondary N) is 2. The Balaban J connectivity index is 0.921. The third-order valence-corrected chi connectivity index (χ3v) is 12.9. The Hall–Kier alpha value is -6.78. The van der Waals surface area contributed by atoms with Crippen LogP contribution in [0.4, 0.5) is 11.6 Å². The van der Waals surface area contributed by atoms with Gasteiger partial charge < -0.3 is 59.7 Å². The first-order chi connectivity index (χ1) is 32.7. The van der Waals surface area contributed by atoms with E-state index in [1.165, 1.54) is 31.4 Å². The first-order valence-electron chi connectivity index (χ1n) is 21.7. The summed E-state index contributed by atoms with van der Waals surface area (Å²) in [6.07, 6.45) is -1.39. The van der Waals surface area contributed by atoms with Gasteiger partial charge in [-0.15, -0.1) is 20.4 Å².